The monoisotopic (exact) mass is 353 g/mol. The molecule has 0 bridgehead atoms. The van der Waals surface area contributed by atoms with Gasteiger partial charge in [-0.05, 0) is 25.7 Å². The van der Waals surface area contributed by atoms with Crippen LogP contribution >= 0.6 is 0 Å². The van der Waals surface area contributed by atoms with Crippen LogP contribution in [0, 0.1) is 0 Å². The Labute approximate surface area is 143 Å². The molecule has 3 unspecified atom stereocenters. The molecule has 0 spiro atoms. The van der Waals surface area contributed by atoms with Crippen LogP contribution in [-0.4, -0.2) is 51.8 Å². The van der Waals surface area contributed by atoms with Crippen LogP contribution in [0.4, 0.5) is 0 Å². The van der Waals surface area contributed by atoms with Gasteiger partial charge in [-0.3, -0.25) is 0 Å². The summed E-state index contributed by atoms with van der Waals surface area (Å²) in [5.41, 5.74) is -1.57. The molecule has 4 heterocycles. The Hall–Kier alpha value is -1.71. The Kier molecular flexibility index (Phi) is 4.61. The SMILES string of the molecule is O=c1n(CCCC2CO2)c(=O)n(CCC2CO2)c(=O)n1CCC1CO1. The average Bonchev–Trinajstić information content (AvgIpc) is 3.45. The highest BCUT2D eigenvalue weighted by Gasteiger charge is 2.26. The Morgan fingerprint density at radius 1 is 0.640 bits per heavy atom. The van der Waals surface area contributed by atoms with Crippen molar-refractivity contribution < 1.29 is 14.2 Å². The van der Waals surface area contributed by atoms with Crippen LogP contribution < -0.4 is 17.1 Å². The Bertz CT molecular complexity index is 743. The third-order valence-corrected chi connectivity index (χ3v) is 4.85. The third-order valence-electron chi connectivity index (χ3n) is 4.85. The first-order valence-electron chi connectivity index (χ1n) is 8.93. The summed E-state index contributed by atoms with van der Waals surface area (Å²) < 4.78 is 19.0. The van der Waals surface area contributed by atoms with Crippen molar-refractivity contribution in [2.75, 3.05) is 19.8 Å². The second-order valence-corrected chi connectivity index (χ2v) is 6.89. The van der Waals surface area contributed by atoms with Gasteiger partial charge in [0, 0.05) is 19.6 Å². The van der Waals surface area contributed by atoms with Crippen LogP contribution in [0.25, 0.3) is 0 Å². The molecule has 3 aliphatic rings. The van der Waals surface area contributed by atoms with Crippen molar-refractivity contribution in [1.82, 2.24) is 13.7 Å². The average molecular weight is 353 g/mol. The van der Waals surface area contributed by atoms with E-state index in [1.54, 1.807) is 0 Å². The van der Waals surface area contributed by atoms with Crippen LogP contribution in [0.1, 0.15) is 25.7 Å². The van der Waals surface area contributed by atoms with Crippen molar-refractivity contribution in [1.29, 1.82) is 0 Å². The third kappa shape index (κ3) is 4.10. The maximum Gasteiger partial charge on any atom is 0.336 e. The fraction of sp³-hybridized carbons (Fsp3) is 0.812. The largest absolute Gasteiger partial charge is 0.373 e. The minimum Gasteiger partial charge on any atom is -0.373 e. The van der Waals surface area contributed by atoms with Gasteiger partial charge in [-0.2, -0.15) is 0 Å². The minimum absolute atomic E-state index is 0.118. The van der Waals surface area contributed by atoms with Crippen LogP contribution in [0.15, 0.2) is 14.4 Å². The second-order valence-electron chi connectivity index (χ2n) is 6.89. The maximum atomic E-state index is 12.7. The van der Waals surface area contributed by atoms with E-state index in [0.717, 1.165) is 13.0 Å². The number of hydrogen-bond donors (Lipinski definition) is 0. The highest BCUT2D eigenvalue weighted by molar-refractivity contribution is 4.82. The molecule has 25 heavy (non-hydrogen) atoms. The summed E-state index contributed by atoms with van der Waals surface area (Å²) in [4.78, 5) is 37.9. The molecule has 9 heteroatoms. The Morgan fingerprint density at radius 2 is 1.00 bits per heavy atom. The Morgan fingerprint density at radius 3 is 1.40 bits per heavy atom. The van der Waals surface area contributed by atoms with Gasteiger partial charge >= 0.3 is 17.1 Å². The molecule has 3 fully saturated rings. The minimum atomic E-state index is -0.530. The van der Waals surface area contributed by atoms with Crippen LogP contribution in [-0.2, 0) is 33.8 Å². The van der Waals surface area contributed by atoms with Gasteiger partial charge in [-0.15, -0.1) is 0 Å². The van der Waals surface area contributed by atoms with Crippen LogP contribution in [0.5, 0.6) is 0 Å². The van der Waals surface area contributed by atoms with Gasteiger partial charge in [-0.1, -0.05) is 0 Å². The number of nitrogens with zero attached hydrogens (tertiary/aromatic N) is 3. The summed E-state index contributed by atoms with van der Waals surface area (Å²) in [5, 5.41) is 0. The Balaban J connectivity index is 1.59. The van der Waals surface area contributed by atoms with Gasteiger partial charge in [0.25, 0.3) is 0 Å². The lowest BCUT2D eigenvalue weighted by Crippen LogP contribution is -2.54. The predicted octanol–water partition coefficient (Wildman–Crippen LogP) is -1.07. The second kappa shape index (κ2) is 6.89. The fourth-order valence-electron chi connectivity index (χ4n) is 2.98. The summed E-state index contributed by atoms with van der Waals surface area (Å²) in [6.07, 6.45) is 3.19. The van der Waals surface area contributed by atoms with Crippen molar-refractivity contribution in [2.24, 2.45) is 0 Å². The number of epoxide rings is 3. The summed E-state index contributed by atoms with van der Waals surface area (Å²) in [5.74, 6) is 0. The van der Waals surface area contributed by atoms with E-state index in [1.165, 1.54) is 13.7 Å². The molecule has 1 aromatic heterocycles. The smallest absolute Gasteiger partial charge is 0.336 e. The highest BCUT2D eigenvalue weighted by atomic mass is 16.6. The molecule has 3 saturated heterocycles. The topological polar surface area (TPSA) is 104 Å². The van der Waals surface area contributed by atoms with Gasteiger partial charge in [0.2, 0.25) is 0 Å². The molecule has 0 radical (unpaired) electrons. The number of aromatic nitrogens is 3. The number of hydrogen-bond acceptors (Lipinski definition) is 6. The summed E-state index contributed by atoms with van der Waals surface area (Å²) in [6.45, 7) is 2.94. The molecule has 0 N–H and O–H groups in total. The number of ether oxygens (including phenoxy) is 3. The first-order chi connectivity index (χ1) is 12.1. The van der Waals surface area contributed by atoms with Gasteiger partial charge in [0.05, 0.1) is 38.1 Å². The molecule has 0 aromatic carbocycles. The molecule has 1 aromatic rings. The molecule has 0 aliphatic carbocycles. The molecule has 138 valence electrons. The van der Waals surface area contributed by atoms with Gasteiger partial charge in [0.1, 0.15) is 0 Å². The predicted molar refractivity (Wildman–Crippen MR) is 86.9 cm³/mol. The van der Waals surface area contributed by atoms with Crippen molar-refractivity contribution in [3.63, 3.8) is 0 Å². The molecule has 4 rings (SSSR count). The molecule has 3 atom stereocenters. The standard InChI is InChI=1S/C16H23N3O6/c20-14-17(5-1-2-11-8-23-11)15(21)19(7-4-13-10-25-13)16(22)18(14)6-3-12-9-24-12/h11-13H,1-10H2. The number of rotatable bonds is 10. The van der Waals surface area contributed by atoms with Crippen molar-refractivity contribution in [2.45, 2.75) is 63.6 Å². The zero-order valence-corrected chi connectivity index (χ0v) is 14.1. The van der Waals surface area contributed by atoms with Gasteiger partial charge < -0.3 is 14.2 Å². The molecule has 0 saturated carbocycles. The molecule has 3 aliphatic heterocycles. The van der Waals surface area contributed by atoms with Crippen LogP contribution in [0.3, 0.4) is 0 Å². The van der Waals surface area contributed by atoms with E-state index < -0.39 is 17.1 Å². The van der Waals surface area contributed by atoms with E-state index in [4.69, 9.17) is 14.2 Å². The van der Waals surface area contributed by atoms with Crippen molar-refractivity contribution in [3.05, 3.63) is 31.5 Å². The van der Waals surface area contributed by atoms with Crippen molar-refractivity contribution in [3.8, 4) is 0 Å². The molecular weight excluding hydrogens is 330 g/mol. The lowest BCUT2D eigenvalue weighted by Gasteiger charge is -2.13. The summed E-state index contributed by atoms with van der Waals surface area (Å²) >= 11 is 0. The first kappa shape index (κ1) is 16.7. The fourth-order valence-corrected chi connectivity index (χ4v) is 2.98. The normalized spacial score (nSPS) is 26.6. The van der Waals surface area contributed by atoms with Gasteiger partial charge in [-0.25, -0.2) is 28.1 Å². The van der Waals surface area contributed by atoms with E-state index in [0.29, 0.717) is 39.0 Å². The van der Waals surface area contributed by atoms with Crippen LogP contribution in [0.2, 0.25) is 0 Å². The van der Waals surface area contributed by atoms with Gasteiger partial charge in [0.15, 0.2) is 0 Å². The first-order valence-corrected chi connectivity index (χ1v) is 8.93. The molecule has 9 nitrogen and oxygen atoms in total. The lowest BCUT2D eigenvalue weighted by molar-refractivity contribution is 0.351. The molecule has 0 amide bonds. The zero-order valence-electron chi connectivity index (χ0n) is 14.1. The zero-order chi connectivity index (χ0) is 17.4. The van der Waals surface area contributed by atoms with E-state index in [-0.39, 0.29) is 31.4 Å². The van der Waals surface area contributed by atoms with E-state index in [1.807, 2.05) is 0 Å². The van der Waals surface area contributed by atoms with E-state index >= 15 is 0 Å². The highest BCUT2D eigenvalue weighted by Crippen LogP contribution is 2.16. The lowest BCUT2D eigenvalue weighted by atomic mass is 10.2. The summed E-state index contributed by atoms with van der Waals surface area (Å²) in [6, 6.07) is 0. The molecular formula is C16H23N3O6. The van der Waals surface area contributed by atoms with Crippen molar-refractivity contribution >= 4 is 0 Å². The van der Waals surface area contributed by atoms with E-state index in [9.17, 15) is 14.4 Å². The quantitative estimate of drug-likeness (QED) is 0.496. The maximum absolute atomic E-state index is 12.7. The van der Waals surface area contributed by atoms with E-state index in [2.05, 4.69) is 0 Å². The summed E-state index contributed by atoms with van der Waals surface area (Å²) in [7, 11) is 0.